The third kappa shape index (κ3) is 2.60. The number of ketones is 1. The number of Topliss-reactive ketones (excluding diaryl/α,β-unsaturated/α-hetero) is 1. The minimum Gasteiger partial charge on any atom is -0.494 e. The van der Waals surface area contributed by atoms with Gasteiger partial charge in [0.2, 0.25) is 0 Å². The van der Waals surface area contributed by atoms with E-state index in [-0.39, 0.29) is 17.6 Å². The highest BCUT2D eigenvalue weighted by molar-refractivity contribution is 6.04. The second-order valence-electron chi connectivity index (χ2n) is 5.82. The topological polar surface area (TPSA) is 48.3 Å². The molecule has 0 fully saturated rings. The van der Waals surface area contributed by atoms with Gasteiger partial charge < -0.3 is 4.74 Å². The lowest BCUT2D eigenvalue weighted by atomic mass is 9.95. The molecule has 1 heterocycles. The number of benzene rings is 2. The summed E-state index contributed by atoms with van der Waals surface area (Å²) in [5.74, 6) is 0.209. The predicted octanol–water partition coefficient (Wildman–Crippen LogP) is 4.03. The number of aromatic nitrogens is 1. The van der Waals surface area contributed by atoms with E-state index in [1.807, 2.05) is 43.3 Å². The number of methoxy groups -OCH3 is 1. The zero-order valence-electron chi connectivity index (χ0n) is 13.9. The third-order valence-electron chi connectivity index (χ3n) is 4.36. The minimum atomic E-state index is -0.292. The van der Waals surface area contributed by atoms with E-state index in [4.69, 9.17) is 4.74 Å². The van der Waals surface area contributed by atoms with Crippen molar-refractivity contribution < 1.29 is 14.3 Å². The van der Waals surface area contributed by atoms with Crippen LogP contribution in [0.15, 0.2) is 54.7 Å². The first-order valence-electron chi connectivity index (χ1n) is 7.82. The van der Waals surface area contributed by atoms with E-state index in [1.54, 1.807) is 36.9 Å². The SMILES string of the molecule is COc1c(C(C)C(C)=O)ccc2ccn(C(=O)c3ccccc3)c12. The first-order valence-corrected chi connectivity index (χ1v) is 7.82. The molecule has 4 nitrogen and oxygen atoms in total. The van der Waals surface area contributed by atoms with Crippen molar-refractivity contribution in [3.8, 4) is 5.75 Å². The summed E-state index contributed by atoms with van der Waals surface area (Å²) in [6.45, 7) is 3.40. The molecule has 0 N–H and O–H groups in total. The second-order valence-corrected chi connectivity index (χ2v) is 5.82. The van der Waals surface area contributed by atoms with Gasteiger partial charge in [0, 0.05) is 28.6 Å². The number of hydrogen-bond acceptors (Lipinski definition) is 3. The highest BCUT2D eigenvalue weighted by Gasteiger charge is 2.21. The van der Waals surface area contributed by atoms with E-state index in [0.717, 1.165) is 10.9 Å². The Bertz CT molecular complexity index is 909. The van der Waals surface area contributed by atoms with Crippen molar-refractivity contribution in [3.05, 3.63) is 65.9 Å². The van der Waals surface area contributed by atoms with E-state index < -0.39 is 0 Å². The minimum absolute atomic E-state index is 0.0557. The number of rotatable bonds is 4. The molecule has 3 aromatic rings. The van der Waals surface area contributed by atoms with Crippen LogP contribution in [0.2, 0.25) is 0 Å². The number of nitrogens with zero attached hydrogens (tertiary/aromatic N) is 1. The van der Waals surface area contributed by atoms with E-state index in [0.29, 0.717) is 16.8 Å². The molecule has 0 radical (unpaired) electrons. The summed E-state index contributed by atoms with van der Waals surface area (Å²) in [6.07, 6.45) is 1.74. The summed E-state index contributed by atoms with van der Waals surface area (Å²) < 4.78 is 7.17. The molecule has 0 saturated carbocycles. The summed E-state index contributed by atoms with van der Waals surface area (Å²) in [6, 6.07) is 14.8. The average Bonchev–Trinajstić information content (AvgIpc) is 3.04. The fourth-order valence-corrected chi connectivity index (χ4v) is 2.88. The van der Waals surface area contributed by atoms with Crippen LogP contribution in [0.5, 0.6) is 5.75 Å². The molecule has 0 bridgehead atoms. The Balaban J connectivity index is 2.22. The molecule has 0 spiro atoms. The molecular weight excluding hydrogens is 302 g/mol. The van der Waals surface area contributed by atoms with E-state index in [2.05, 4.69) is 0 Å². The van der Waals surface area contributed by atoms with Gasteiger partial charge in [-0.25, -0.2) is 0 Å². The van der Waals surface area contributed by atoms with Crippen molar-refractivity contribution in [3.63, 3.8) is 0 Å². The largest absolute Gasteiger partial charge is 0.494 e. The van der Waals surface area contributed by atoms with Crippen LogP contribution in [0.1, 0.15) is 35.7 Å². The Morgan fingerprint density at radius 1 is 1.04 bits per heavy atom. The Morgan fingerprint density at radius 2 is 1.75 bits per heavy atom. The summed E-state index contributed by atoms with van der Waals surface area (Å²) in [4.78, 5) is 24.6. The van der Waals surface area contributed by atoms with Crippen molar-refractivity contribution in [1.82, 2.24) is 4.57 Å². The van der Waals surface area contributed by atoms with E-state index in [1.165, 1.54) is 0 Å². The van der Waals surface area contributed by atoms with Crippen LogP contribution in [0.3, 0.4) is 0 Å². The van der Waals surface area contributed by atoms with Gasteiger partial charge in [-0.3, -0.25) is 14.2 Å². The quantitative estimate of drug-likeness (QED) is 0.729. The molecule has 122 valence electrons. The Morgan fingerprint density at radius 3 is 2.38 bits per heavy atom. The zero-order chi connectivity index (χ0) is 17.3. The average molecular weight is 321 g/mol. The van der Waals surface area contributed by atoms with Crippen molar-refractivity contribution in [1.29, 1.82) is 0 Å². The van der Waals surface area contributed by atoms with Crippen LogP contribution >= 0.6 is 0 Å². The monoisotopic (exact) mass is 321 g/mol. The Hall–Kier alpha value is -2.88. The van der Waals surface area contributed by atoms with Gasteiger partial charge in [-0.2, -0.15) is 0 Å². The summed E-state index contributed by atoms with van der Waals surface area (Å²) >= 11 is 0. The molecule has 4 heteroatoms. The van der Waals surface area contributed by atoms with Crippen LogP contribution in [-0.2, 0) is 4.79 Å². The fourth-order valence-electron chi connectivity index (χ4n) is 2.88. The molecule has 0 aliphatic carbocycles. The Labute approximate surface area is 140 Å². The van der Waals surface area contributed by atoms with Crippen molar-refractivity contribution in [2.24, 2.45) is 0 Å². The van der Waals surface area contributed by atoms with E-state index in [9.17, 15) is 9.59 Å². The Kier molecular flexibility index (Phi) is 4.21. The van der Waals surface area contributed by atoms with E-state index >= 15 is 0 Å². The van der Waals surface area contributed by atoms with Gasteiger partial charge in [-0.15, -0.1) is 0 Å². The molecular formula is C20H19NO3. The molecule has 0 amide bonds. The van der Waals surface area contributed by atoms with Crippen molar-refractivity contribution in [2.45, 2.75) is 19.8 Å². The van der Waals surface area contributed by atoms with Crippen LogP contribution in [0.4, 0.5) is 0 Å². The summed E-state index contributed by atoms with van der Waals surface area (Å²) in [7, 11) is 1.56. The number of carbonyl (C=O) groups is 2. The lowest BCUT2D eigenvalue weighted by Gasteiger charge is -2.16. The van der Waals surface area contributed by atoms with Gasteiger partial charge in [-0.05, 0) is 25.1 Å². The maximum Gasteiger partial charge on any atom is 0.262 e. The van der Waals surface area contributed by atoms with Gasteiger partial charge in [0.15, 0.2) is 0 Å². The number of ether oxygens (including phenoxy) is 1. The van der Waals surface area contributed by atoms with Gasteiger partial charge >= 0.3 is 0 Å². The molecule has 3 rings (SSSR count). The standard InChI is InChI=1S/C20H19NO3/c1-13(14(2)22)17-10-9-15-11-12-21(18(15)19(17)24-3)20(23)16-7-5-4-6-8-16/h4-13H,1-3H3. The normalized spacial score (nSPS) is 12.1. The smallest absolute Gasteiger partial charge is 0.262 e. The molecule has 1 unspecified atom stereocenters. The molecule has 24 heavy (non-hydrogen) atoms. The lowest BCUT2D eigenvalue weighted by molar-refractivity contribution is -0.118. The van der Waals surface area contributed by atoms with Crippen molar-refractivity contribution in [2.75, 3.05) is 7.11 Å². The van der Waals surface area contributed by atoms with Crippen LogP contribution < -0.4 is 4.74 Å². The van der Waals surface area contributed by atoms with Gasteiger partial charge in [0.1, 0.15) is 11.5 Å². The number of carbonyl (C=O) groups excluding carboxylic acids is 2. The molecule has 2 aromatic carbocycles. The second kappa shape index (κ2) is 6.32. The summed E-state index contributed by atoms with van der Waals surface area (Å²) in [5, 5.41) is 0.899. The van der Waals surface area contributed by atoms with Gasteiger partial charge in [0.25, 0.3) is 5.91 Å². The maximum absolute atomic E-state index is 12.8. The molecule has 0 aliphatic heterocycles. The highest BCUT2D eigenvalue weighted by Crippen LogP contribution is 2.35. The van der Waals surface area contributed by atoms with Crippen LogP contribution in [-0.4, -0.2) is 23.4 Å². The van der Waals surface area contributed by atoms with Crippen molar-refractivity contribution >= 4 is 22.6 Å². The first-order chi connectivity index (χ1) is 11.5. The van der Waals surface area contributed by atoms with Gasteiger partial charge in [0.05, 0.1) is 12.6 Å². The zero-order valence-corrected chi connectivity index (χ0v) is 13.9. The molecule has 1 aromatic heterocycles. The lowest BCUT2D eigenvalue weighted by Crippen LogP contribution is -2.12. The highest BCUT2D eigenvalue weighted by atomic mass is 16.5. The summed E-state index contributed by atoms with van der Waals surface area (Å²) in [5.41, 5.74) is 2.08. The van der Waals surface area contributed by atoms with Crippen LogP contribution in [0, 0.1) is 0 Å². The van der Waals surface area contributed by atoms with Gasteiger partial charge in [-0.1, -0.05) is 37.3 Å². The molecule has 1 atom stereocenters. The number of hydrogen-bond donors (Lipinski definition) is 0. The predicted molar refractivity (Wildman–Crippen MR) is 93.8 cm³/mol. The first kappa shape index (κ1) is 16.0. The molecule has 0 saturated heterocycles. The third-order valence-corrected chi connectivity index (χ3v) is 4.36. The maximum atomic E-state index is 12.8. The molecule has 0 aliphatic rings. The number of fused-ring (bicyclic) bond motifs is 1. The van der Waals surface area contributed by atoms with Crippen LogP contribution in [0.25, 0.3) is 10.9 Å². The fraction of sp³-hybridized carbons (Fsp3) is 0.200.